The summed E-state index contributed by atoms with van der Waals surface area (Å²) >= 11 is 0. The van der Waals surface area contributed by atoms with Gasteiger partial charge < -0.3 is 10.6 Å². The van der Waals surface area contributed by atoms with E-state index in [1.165, 1.54) is 51.9 Å². The number of rotatable bonds is 7. The lowest BCUT2D eigenvalue weighted by atomic mass is 9.95. The number of anilines is 1. The Labute approximate surface area is 186 Å². The van der Waals surface area contributed by atoms with E-state index in [0.717, 1.165) is 56.1 Å². The van der Waals surface area contributed by atoms with Gasteiger partial charge in [-0.05, 0) is 76.0 Å². The highest BCUT2D eigenvalue weighted by atomic mass is 15.2. The first-order valence-electron chi connectivity index (χ1n) is 12.0. The molecular formula is C26H37N5. The first kappa shape index (κ1) is 21.8. The molecule has 1 aliphatic rings. The predicted molar refractivity (Wildman–Crippen MR) is 130 cm³/mol. The predicted octanol–water partition coefficient (Wildman–Crippen LogP) is 5.31. The fraction of sp³-hybridized carbons (Fsp3) is 0.538. The molecule has 0 bridgehead atoms. The van der Waals surface area contributed by atoms with Crippen LogP contribution in [0.5, 0.6) is 0 Å². The van der Waals surface area contributed by atoms with Gasteiger partial charge >= 0.3 is 0 Å². The maximum atomic E-state index is 6.10. The van der Waals surface area contributed by atoms with Gasteiger partial charge in [-0.25, -0.2) is 9.97 Å². The molecule has 1 aliphatic carbocycles. The normalized spacial score (nSPS) is 13.6. The van der Waals surface area contributed by atoms with Gasteiger partial charge in [0.2, 0.25) is 0 Å². The van der Waals surface area contributed by atoms with Crippen LogP contribution in [0.25, 0.3) is 16.7 Å². The first-order valence-corrected chi connectivity index (χ1v) is 12.0. The first-order chi connectivity index (χ1) is 15.0. The molecule has 4 rings (SSSR count). The summed E-state index contributed by atoms with van der Waals surface area (Å²) in [4.78, 5) is 12.5. The van der Waals surface area contributed by atoms with Crippen molar-refractivity contribution in [3.8, 4) is 5.69 Å². The number of nitrogens with zero attached hydrogens (tertiary/aromatic N) is 4. The largest absolute Gasteiger partial charge is 0.356 e. The molecule has 166 valence electrons. The van der Waals surface area contributed by atoms with Crippen molar-refractivity contribution in [3.05, 3.63) is 45.9 Å². The van der Waals surface area contributed by atoms with Crippen molar-refractivity contribution in [1.82, 2.24) is 14.5 Å². The second kappa shape index (κ2) is 8.99. The minimum absolute atomic E-state index is 0.358. The third-order valence-electron chi connectivity index (χ3n) is 6.47. The molecule has 0 spiro atoms. The Bertz CT molecular complexity index is 1070. The second-order valence-electron chi connectivity index (χ2n) is 9.07. The van der Waals surface area contributed by atoms with Crippen LogP contribution in [0.2, 0.25) is 0 Å². The minimum Gasteiger partial charge on any atom is -0.356 e. The number of benzene rings is 1. The van der Waals surface area contributed by atoms with Gasteiger partial charge in [0.1, 0.15) is 11.6 Å². The summed E-state index contributed by atoms with van der Waals surface area (Å²) in [7, 11) is 0. The van der Waals surface area contributed by atoms with E-state index in [-0.39, 0.29) is 0 Å². The van der Waals surface area contributed by atoms with Gasteiger partial charge in [-0.15, -0.1) is 0 Å². The molecule has 2 N–H and O–H groups in total. The molecule has 2 aromatic heterocycles. The van der Waals surface area contributed by atoms with Crippen LogP contribution in [0.15, 0.2) is 12.1 Å². The molecule has 0 unspecified atom stereocenters. The van der Waals surface area contributed by atoms with E-state index in [1.54, 1.807) is 0 Å². The molecule has 0 saturated heterocycles. The molecule has 0 saturated carbocycles. The van der Waals surface area contributed by atoms with Crippen molar-refractivity contribution >= 4 is 16.9 Å². The highest BCUT2D eigenvalue weighted by Crippen LogP contribution is 2.39. The zero-order valence-electron chi connectivity index (χ0n) is 19.9. The monoisotopic (exact) mass is 419 g/mol. The van der Waals surface area contributed by atoms with Crippen molar-refractivity contribution in [2.45, 2.75) is 79.7 Å². The Kier molecular flexibility index (Phi) is 6.33. The number of aryl methyl sites for hydroxylation is 4. The highest BCUT2D eigenvalue weighted by Gasteiger charge is 2.28. The Morgan fingerprint density at radius 2 is 1.61 bits per heavy atom. The van der Waals surface area contributed by atoms with E-state index in [1.807, 2.05) is 0 Å². The van der Waals surface area contributed by atoms with Crippen molar-refractivity contribution in [3.63, 3.8) is 0 Å². The Morgan fingerprint density at radius 1 is 0.968 bits per heavy atom. The molecule has 0 radical (unpaired) electrons. The van der Waals surface area contributed by atoms with Crippen LogP contribution in [0.4, 0.5) is 5.82 Å². The molecule has 2 heterocycles. The topological polar surface area (TPSA) is 60.0 Å². The summed E-state index contributed by atoms with van der Waals surface area (Å²) < 4.78 is 2.45. The van der Waals surface area contributed by atoms with Crippen LogP contribution < -0.4 is 10.6 Å². The van der Waals surface area contributed by atoms with Crippen molar-refractivity contribution in [2.24, 2.45) is 5.73 Å². The number of hydrogen-bond donors (Lipinski definition) is 1. The van der Waals surface area contributed by atoms with E-state index < -0.39 is 0 Å². The zero-order chi connectivity index (χ0) is 22.1. The van der Waals surface area contributed by atoms with E-state index in [9.17, 15) is 0 Å². The molecule has 0 aliphatic heterocycles. The number of nitrogens with two attached hydrogens (primary N) is 1. The zero-order valence-corrected chi connectivity index (χ0v) is 19.9. The molecule has 0 atom stereocenters. The van der Waals surface area contributed by atoms with Crippen LogP contribution in [0.1, 0.15) is 73.3 Å². The maximum Gasteiger partial charge on any atom is 0.150 e. The summed E-state index contributed by atoms with van der Waals surface area (Å²) in [6.07, 6.45) is 6.86. The third kappa shape index (κ3) is 3.84. The molecule has 0 fully saturated rings. The van der Waals surface area contributed by atoms with Crippen molar-refractivity contribution in [2.75, 3.05) is 18.0 Å². The Morgan fingerprint density at radius 3 is 2.23 bits per heavy atom. The molecule has 31 heavy (non-hydrogen) atoms. The number of aromatic nitrogens is 3. The standard InChI is InChI=1S/C26H37N5/c1-6-12-30(13-7-2)25-23-20-10-8-9-11-21(20)31(26(23)29-22(16-27)28-25)24-18(4)14-17(3)15-19(24)5/h14-15H,6-13,16,27H2,1-5H3. The number of hydrogen-bond acceptors (Lipinski definition) is 4. The van der Waals surface area contributed by atoms with Gasteiger partial charge in [-0.1, -0.05) is 31.5 Å². The minimum atomic E-state index is 0.358. The number of fused-ring (bicyclic) bond motifs is 3. The van der Waals surface area contributed by atoms with Crippen LogP contribution in [-0.2, 0) is 19.4 Å². The smallest absolute Gasteiger partial charge is 0.150 e. The fourth-order valence-electron chi connectivity index (χ4n) is 5.40. The summed E-state index contributed by atoms with van der Waals surface area (Å²) in [5, 5.41) is 1.26. The van der Waals surface area contributed by atoms with Crippen LogP contribution in [0.3, 0.4) is 0 Å². The molecule has 0 amide bonds. The summed E-state index contributed by atoms with van der Waals surface area (Å²) in [6.45, 7) is 13.5. The second-order valence-corrected chi connectivity index (χ2v) is 9.07. The van der Waals surface area contributed by atoms with Gasteiger partial charge in [-0.2, -0.15) is 0 Å². The summed E-state index contributed by atoms with van der Waals surface area (Å²) in [6, 6.07) is 4.58. The Balaban J connectivity index is 2.10. The third-order valence-corrected chi connectivity index (χ3v) is 6.47. The van der Waals surface area contributed by atoms with E-state index in [0.29, 0.717) is 6.54 Å². The highest BCUT2D eigenvalue weighted by molar-refractivity contribution is 5.94. The quantitative estimate of drug-likeness (QED) is 0.564. The average Bonchev–Trinajstić information content (AvgIpc) is 3.07. The average molecular weight is 420 g/mol. The van der Waals surface area contributed by atoms with Crippen LogP contribution in [-0.4, -0.2) is 27.6 Å². The lowest BCUT2D eigenvalue weighted by Crippen LogP contribution is -2.27. The fourth-order valence-corrected chi connectivity index (χ4v) is 5.40. The van der Waals surface area contributed by atoms with Gasteiger partial charge in [0.15, 0.2) is 5.65 Å². The molecule has 5 heteroatoms. The lowest BCUT2D eigenvalue weighted by Gasteiger charge is -2.24. The van der Waals surface area contributed by atoms with Gasteiger partial charge in [0.25, 0.3) is 0 Å². The van der Waals surface area contributed by atoms with Crippen molar-refractivity contribution in [1.29, 1.82) is 0 Å². The molecule has 1 aromatic carbocycles. The molecule has 5 nitrogen and oxygen atoms in total. The van der Waals surface area contributed by atoms with Gasteiger partial charge in [0.05, 0.1) is 17.6 Å². The summed E-state index contributed by atoms with van der Waals surface area (Å²) in [5.41, 5.74) is 15.2. The Hall–Kier alpha value is -2.40. The van der Waals surface area contributed by atoms with E-state index in [2.05, 4.69) is 56.2 Å². The molecule has 3 aromatic rings. The van der Waals surface area contributed by atoms with E-state index >= 15 is 0 Å². The van der Waals surface area contributed by atoms with Crippen LogP contribution >= 0.6 is 0 Å². The maximum absolute atomic E-state index is 6.10. The van der Waals surface area contributed by atoms with Gasteiger partial charge in [-0.3, -0.25) is 4.57 Å². The van der Waals surface area contributed by atoms with E-state index in [4.69, 9.17) is 15.7 Å². The van der Waals surface area contributed by atoms with Crippen LogP contribution in [0, 0.1) is 20.8 Å². The SMILES string of the molecule is CCCN(CCC)c1nc(CN)nc2c1c1c(n2-c2c(C)cc(C)cc2C)CCCC1. The lowest BCUT2D eigenvalue weighted by molar-refractivity contribution is 0.665. The summed E-state index contributed by atoms with van der Waals surface area (Å²) in [5.74, 6) is 1.83. The van der Waals surface area contributed by atoms with Crippen molar-refractivity contribution < 1.29 is 0 Å². The van der Waals surface area contributed by atoms with Gasteiger partial charge in [0, 0.05) is 18.8 Å². The molecular weight excluding hydrogens is 382 g/mol.